The van der Waals surface area contributed by atoms with Crippen molar-refractivity contribution in [3.8, 4) is 40.5 Å². The standard InChI is InChI=1S/C42H46ClN7O10S/c1-23(47-39(53)59-41(3,4)5)37(51)57-21-30(58-38(52)24(2)48-40(54)60-42(6,7)8)20-55-29-15-11-25(12-16-29)33-31(17-44)34(46)50-36(32(33)18-45)61-22-28-19-56-35(49-28)26-9-13-27(43)14-10-26/h9-16,19,23-24,30H,20-22H2,1-8H3,(H2,46,50)(H,47,53)(H,48,54)/t23-,24?,30-/m1/s1. The Bertz CT molecular complexity index is 2290. The number of nitrogens with two attached hydrogens (primary N) is 1. The highest BCUT2D eigenvalue weighted by Gasteiger charge is 2.28. The molecule has 0 fully saturated rings. The van der Waals surface area contributed by atoms with Crippen molar-refractivity contribution in [1.29, 1.82) is 10.5 Å². The molecule has 2 amide bonds. The average Bonchev–Trinajstić information content (AvgIpc) is 3.65. The largest absolute Gasteiger partial charge is 0.490 e. The highest BCUT2D eigenvalue weighted by atomic mass is 35.5. The number of halogens is 1. The quantitative estimate of drug-likeness (QED) is 0.0600. The molecular formula is C42H46ClN7O10S. The van der Waals surface area contributed by atoms with Crippen LogP contribution < -0.4 is 21.1 Å². The predicted octanol–water partition coefficient (Wildman–Crippen LogP) is 7.34. The molecule has 0 aliphatic carbocycles. The minimum Gasteiger partial charge on any atom is -0.490 e. The van der Waals surface area contributed by atoms with E-state index in [1.807, 2.05) is 6.07 Å². The van der Waals surface area contributed by atoms with E-state index < -0.39 is 60.1 Å². The van der Waals surface area contributed by atoms with Gasteiger partial charge in [-0.25, -0.2) is 29.1 Å². The van der Waals surface area contributed by atoms with Gasteiger partial charge in [0, 0.05) is 21.9 Å². The van der Waals surface area contributed by atoms with E-state index in [0.29, 0.717) is 22.2 Å². The first-order valence-electron chi connectivity index (χ1n) is 18.7. The number of nitrogens with one attached hydrogen (secondary N) is 2. The van der Waals surface area contributed by atoms with Gasteiger partial charge in [-0.05, 0) is 97.4 Å². The Morgan fingerprint density at radius 2 is 1.38 bits per heavy atom. The number of hydrogen-bond donors (Lipinski definition) is 3. The van der Waals surface area contributed by atoms with E-state index >= 15 is 0 Å². The molecule has 1 unspecified atom stereocenters. The van der Waals surface area contributed by atoms with Crippen molar-refractivity contribution in [2.24, 2.45) is 0 Å². The van der Waals surface area contributed by atoms with E-state index in [1.54, 1.807) is 90.1 Å². The summed E-state index contributed by atoms with van der Waals surface area (Å²) in [5.41, 5.74) is 6.74. The molecule has 2 heterocycles. The number of aromatic nitrogens is 2. The molecule has 19 heteroatoms. The number of amides is 2. The lowest BCUT2D eigenvalue weighted by Gasteiger charge is -2.24. The van der Waals surface area contributed by atoms with Crippen LogP contribution in [-0.4, -0.2) is 76.7 Å². The van der Waals surface area contributed by atoms with Crippen LogP contribution in [0.3, 0.4) is 0 Å². The highest BCUT2D eigenvalue weighted by Crippen LogP contribution is 2.37. The van der Waals surface area contributed by atoms with Gasteiger partial charge < -0.3 is 44.5 Å². The number of oxazole rings is 1. The zero-order valence-electron chi connectivity index (χ0n) is 34.8. The van der Waals surface area contributed by atoms with Gasteiger partial charge in [0.25, 0.3) is 0 Å². The van der Waals surface area contributed by atoms with Crippen molar-refractivity contribution in [3.63, 3.8) is 0 Å². The molecule has 0 saturated heterocycles. The lowest BCUT2D eigenvalue weighted by molar-refractivity contribution is -0.162. The summed E-state index contributed by atoms with van der Waals surface area (Å²) in [5, 5.41) is 26.0. The van der Waals surface area contributed by atoms with Crippen molar-refractivity contribution >= 4 is 53.3 Å². The van der Waals surface area contributed by atoms with Gasteiger partial charge in [0.1, 0.15) is 77.1 Å². The number of thioether (sulfide) groups is 1. The van der Waals surface area contributed by atoms with E-state index in [-0.39, 0.29) is 45.6 Å². The van der Waals surface area contributed by atoms with Crippen LogP contribution in [0.15, 0.2) is 64.2 Å². The van der Waals surface area contributed by atoms with Crippen molar-refractivity contribution < 1.29 is 47.3 Å². The highest BCUT2D eigenvalue weighted by molar-refractivity contribution is 7.98. The summed E-state index contributed by atoms with van der Waals surface area (Å²) in [4.78, 5) is 59.2. The molecule has 2 aromatic heterocycles. The Balaban J connectivity index is 1.50. The maximum absolute atomic E-state index is 13.1. The van der Waals surface area contributed by atoms with Gasteiger partial charge in [-0.3, -0.25) is 0 Å². The molecule has 17 nitrogen and oxygen atoms in total. The minimum absolute atomic E-state index is 0.000630. The molecule has 4 aromatic rings. The smallest absolute Gasteiger partial charge is 0.408 e. The van der Waals surface area contributed by atoms with E-state index in [4.69, 9.17) is 45.4 Å². The molecule has 2 aromatic carbocycles. The second kappa shape index (κ2) is 20.7. The van der Waals surface area contributed by atoms with E-state index in [1.165, 1.54) is 31.9 Å². The molecule has 322 valence electrons. The fraction of sp³-hybridized carbons (Fsp3) is 0.381. The van der Waals surface area contributed by atoms with Gasteiger partial charge in [-0.1, -0.05) is 35.5 Å². The number of hydrogen-bond acceptors (Lipinski definition) is 16. The van der Waals surface area contributed by atoms with E-state index in [0.717, 1.165) is 5.56 Å². The number of alkyl carbamates (subject to hydrolysis) is 2. The van der Waals surface area contributed by atoms with Crippen molar-refractivity contribution in [2.75, 3.05) is 18.9 Å². The van der Waals surface area contributed by atoms with Crippen LogP contribution in [0.4, 0.5) is 15.4 Å². The van der Waals surface area contributed by atoms with E-state index in [2.05, 4.69) is 26.7 Å². The third-order valence-corrected chi connectivity index (χ3v) is 9.12. The number of nitriles is 2. The van der Waals surface area contributed by atoms with Crippen molar-refractivity contribution in [2.45, 2.75) is 95.6 Å². The number of anilines is 1. The Morgan fingerprint density at radius 1 is 0.820 bits per heavy atom. The summed E-state index contributed by atoms with van der Waals surface area (Å²) >= 11 is 7.19. The summed E-state index contributed by atoms with van der Waals surface area (Å²) in [5.74, 6) is -0.880. The summed E-state index contributed by atoms with van der Waals surface area (Å²) in [6.45, 7) is 11.9. The Morgan fingerprint density at radius 3 is 1.93 bits per heavy atom. The summed E-state index contributed by atoms with van der Waals surface area (Å²) in [6, 6.07) is 15.2. The molecule has 61 heavy (non-hydrogen) atoms. The summed E-state index contributed by atoms with van der Waals surface area (Å²) in [6.07, 6.45) is -1.39. The van der Waals surface area contributed by atoms with Gasteiger partial charge in [0.05, 0.1) is 11.3 Å². The number of nitrogen functional groups attached to an aromatic ring is 1. The summed E-state index contributed by atoms with van der Waals surface area (Å²) in [7, 11) is 0. The number of ether oxygens (including phenoxy) is 5. The Kier molecular flexibility index (Phi) is 16.0. The third kappa shape index (κ3) is 14.3. The maximum Gasteiger partial charge on any atom is 0.408 e. The minimum atomic E-state index is -1.20. The van der Waals surface area contributed by atoms with Crippen LogP contribution >= 0.6 is 23.4 Å². The normalized spacial score (nSPS) is 12.7. The van der Waals surface area contributed by atoms with E-state index in [9.17, 15) is 29.7 Å². The molecule has 4 rings (SSSR count). The first-order chi connectivity index (χ1) is 28.7. The van der Waals surface area contributed by atoms with Gasteiger partial charge in [-0.2, -0.15) is 10.5 Å². The first kappa shape index (κ1) is 47.2. The molecule has 0 aliphatic heterocycles. The van der Waals surface area contributed by atoms with Gasteiger partial charge >= 0.3 is 24.1 Å². The number of nitrogens with zero attached hydrogens (tertiary/aromatic N) is 4. The predicted molar refractivity (Wildman–Crippen MR) is 224 cm³/mol. The second-order valence-corrected chi connectivity index (χ2v) is 16.8. The number of carbonyl (C=O) groups is 4. The molecule has 0 bridgehead atoms. The van der Waals surface area contributed by atoms with Crippen LogP contribution in [0, 0.1) is 22.7 Å². The summed E-state index contributed by atoms with van der Waals surface area (Å²) < 4.78 is 32.9. The lowest BCUT2D eigenvalue weighted by Crippen LogP contribution is -2.45. The SMILES string of the molecule is CC(NC(=O)OC(C)(C)C)C(=O)O[C@@H](COC(=O)[C@@H](C)NC(=O)OC(C)(C)C)COc1ccc(-c2c(C#N)c(N)nc(SCc3coc(-c4ccc(Cl)cc4)n3)c2C#N)cc1. The fourth-order valence-corrected chi connectivity index (χ4v) is 6.11. The van der Waals surface area contributed by atoms with Crippen LogP contribution in [0.5, 0.6) is 5.75 Å². The third-order valence-electron chi connectivity index (χ3n) is 7.86. The molecule has 0 radical (unpaired) electrons. The molecule has 4 N–H and O–H groups in total. The van der Waals surface area contributed by atoms with Crippen LogP contribution in [-0.2, 0) is 34.3 Å². The molecule has 0 spiro atoms. The number of carbonyl (C=O) groups excluding carboxylic acids is 4. The number of rotatable bonds is 15. The van der Waals surface area contributed by atoms with Gasteiger partial charge in [0.2, 0.25) is 5.89 Å². The topological polar surface area (TPSA) is 251 Å². The van der Waals surface area contributed by atoms with Gasteiger partial charge in [-0.15, -0.1) is 0 Å². The molecule has 0 saturated carbocycles. The van der Waals surface area contributed by atoms with Crippen molar-refractivity contribution in [3.05, 3.63) is 76.6 Å². The average molecular weight is 876 g/mol. The first-order valence-corrected chi connectivity index (χ1v) is 20.1. The Hall–Kier alpha value is -6.50. The zero-order valence-corrected chi connectivity index (χ0v) is 36.4. The Labute approximate surface area is 362 Å². The number of benzene rings is 2. The molecule has 0 aliphatic rings. The van der Waals surface area contributed by atoms with Crippen LogP contribution in [0.1, 0.15) is 72.2 Å². The van der Waals surface area contributed by atoms with Crippen LogP contribution in [0.2, 0.25) is 5.02 Å². The number of esters is 2. The molecule has 3 atom stereocenters. The van der Waals surface area contributed by atoms with Crippen molar-refractivity contribution in [1.82, 2.24) is 20.6 Å². The monoisotopic (exact) mass is 875 g/mol. The lowest BCUT2D eigenvalue weighted by atomic mass is 9.97. The maximum atomic E-state index is 13.1. The zero-order chi connectivity index (χ0) is 45.1. The van der Waals surface area contributed by atoms with Gasteiger partial charge in [0.15, 0.2) is 6.10 Å². The second-order valence-electron chi connectivity index (χ2n) is 15.4. The molecular weight excluding hydrogens is 830 g/mol. The fourth-order valence-electron chi connectivity index (χ4n) is 5.11. The van der Waals surface area contributed by atoms with Crippen LogP contribution in [0.25, 0.3) is 22.6 Å². The number of pyridine rings is 1.